The molecule has 91 heavy (non-hydrogen) atoms. The second-order valence-electron chi connectivity index (χ2n) is 24.3. The third-order valence-corrected chi connectivity index (χ3v) is 16.6. The summed E-state index contributed by atoms with van der Waals surface area (Å²) in [6.07, 6.45) is 24.3. The molecule has 0 radical (unpaired) electrons. The van der Waals surface area contributed by atoms with Crippen LogP contribution >= 0.6 is 11.6 Å². The van der Waals surface area contributed by atoms with Crippen LogP contribution in [-0.2, 0) is 35.2 Å². The van der Waals surface area contributed by atoms with Crippen LogP contribution in [0.2, 0.25) is 5.15 Å². The Bertz CT molecular complexity index is 2350. The van der Waals surface area contributed by atoms with Gasteiger partial charge in [0.2, 0.25) is 11.8 Å². The van der Waals surface area contributed by atoms with Crippen LogP contribution in [0.4, 0.5) is 11.6 Å². The summed E-state index contributed by atoms with van der Waals surface area (Å²) in [6, 6.07) is 4.75. The van der Waals surface area contributed by atoms with E-state index in [4.69, 9.17) is 67.9 Å². The molecular formula is C66H117ClN16O8. The maximum Gasteiger partial charge on any atom is 0.280 e. The molecule has 24 nitrogen and oxygen atoms in total. The number of aromatic nitrogens is 2. The molecule has 0 aliphatic rings. The fourth-order valence-corrected chi connectivity index (χ4v) is 10.5. The molecule has 6 atom stereocenters. The molecule has 0 spiro atoms. The zero-order valence-corrected chi connectivity index (χ0v) is 55.9. The first-order valence-corrected chi connectivity index (χ1v) is 34.4. The molecule has 0 aliphatic carbocycles. The Morgan fingerprint density at radius 2 is 0.912 bits per heavy atom. The van der Waals surface area contributed by atoms with Crippen molar-refractivity contribution in [3.05, 3.63) is 40.7 Å². The summed E-state index contributed by atoms with van der Waals surface area (Å²) in [7, 11) is 0. The highest BCUT2D eigenvalue weighted by Crippen LogP contribution is 2.19. The third-order valence-electron chi connectivity index (χ3n) is 16.3. The fourth-order valence-electron chi connectivity index (χ4n) is 10.4. The van der Waals surface area contributed by atoms with E-state index in [1.54, 1.807) is 0 Å². The van der Waals surface area contributed by atoms with Crippen molar-refractivity contribution in [2.24, 2.45) is 45.1 Å². The van der Waals surface area contributed by atoms with Crippen molar-refractivity contribution < 1.29 is 38.3 Å². The summed E-state index contributed by atoms with van der Waals surface area (Å²) >= 11 is 5.88. The number of nitrogen functional groups attached to an aromatic ring is 2. The van der Waals surface area contributed by atoms with Crippen molar-refractivity contribution in [1.82, 2.24) is 30.8 Å². The van der Waals surface area contributed by atoms with Crippen LogP contribution in [0.25, 0.3) is 0 Å². The molecule has 3 amide bonds. The summed E-state index contributed by atoms with van der Waals surface area (Å²) < 4.78 is 6.16. The summed E-state index contributed by atoms with van der Waals surface area (Å²) in [5, 5.41) is 8.24. The van der Waals surface area contributed by atoms with E-state index in [1.807, 2.05) is 24.3 Å². The van der Waals surface area contributed by atoms with Gasteiger partial charge in [0.15, 0.2) is 28.4 Å². The fraction of sp³-hybridized carbons (Fsp3) is 0.727. The minimum atomic E-state index is -0.703. The Labute approximate surface area is 547 Å². The van der Waals surface area contributed by atoms with Crippen molar-refractivity contribution in [3.8, 4) is 5.75 Å². The number of aryl methyl sites for hydroxylation is 1. The number of nitrogens with one attached hydrogen (secondary N) is 3. The van der Waals surface area contributed by atoms with Gasteiger partial charge in [-0.1, -0.05) is 127 Å². The van der Waals surface area contributed by atoms with Gasteiger partial charge in [-0.25, -0.2) is 9.97 Å². The molecule has 516 valence electrons. The van der Waals surface area contributed by atoms with Crippen LogP contribution in [0.3, 0.4) is 0 Å². The number of ether oxygens (including phenoxy) is 1. The molecule has 1 aromatic heterocycles. The van der Waals surface area contributed by atoms with Gasteiger partial charge in [0.05, 0.1) is 36.3 Å². The maximum atomic E-state index is 13.0. The third kappa shape index (κ3) is 38.2. The lowest BCUT2D eigenvalue weighted by Crippen LogP contribution is -2.42. The monoisotopic (exact) mass is 1300 g/mol. The largest absolute Gasteiger partial charge is 0.492 e. The summed E-state index contributed by atoms with van der Waals surface area (Å²) in [6.45, 7) is 7.79. The lowest BCUT2D eigenvalue weighted by atomic mass is 9.98. The number of guanidine groups is 1. The number of hydrogen-bond donors (Lipinski definition) is 12. The number of halogens is 1. The van der Waals surface area contributed by atoms with Crippen LogP contribution in [0, 0.1) is 0 Å². The van der Waals surface area contributed by atoms with Crippen molar-refractivity contribution in [2.75, 3.05) is 57.3 Å². The van der Waals surface area contributed by atoms with Crippen LogP contribution < -0.4 is 72.3 Å². The lowest BCUT2D eigenvalue weighted by molar-refractivity contribution is -0.123. The standard InChI is InChI=1S/C66H117ClN16O8/c1-3-5-11-26-49(68)55(84)32-17-7-13-28-51(70)57(86)34-19-9-15-30-53(72)63(88)77-41-23-43-83(45-46-91-48-38-36-47(37-39-48)25-21-22-40-79-66(76)82-65(90)59-61(74)81-62(75)60(67)80-59)44-24-42-78-64(89)54(73)31-16-10-20-35-58(87)52(71)29-14-8-18-33-56(85)50(69)27-12-6-4-2/h36-39,49-54H,3-35,40-46,68-73H2,1-2H3,(H,77,88)(H,78,89)(H4,74,75,81)(H3,76,79,82,90)/t49-,50-,51-,52-,53-,54-/m0/s1. The van der Waals surface area contributed by atoms with Gasteiger partial charge >= 0.3 is 0 Å². The average molecular weight is 1300 g/mol. The zero-order chi connectivity index (χ0) is 67.2. The summed E-state index contributed by atoms with van der Waals surface area (Å²) in [4.78, 5) is 103. The van der Waals surface area contributed by atoms with Crippen LogP contribution in [0.15, 0.2) is 29.3 Å². The van der Waals surface area contributed by atoms with E-state index < -0.39 is 30.1 Å². The molecule has 0 saturated carbocycles. The first-order valence-electron chi connectivity index (χ1n) is 34.0. The van der Waals surface area contributed by atoms with Crippen LogP contribution in [0.1, 0.15) is 235 Å². The Morgan fingerprint density at radius 3 is 1.33 bits per heavy atom. The average Bonchev–Trinajstić information content (AvgIpc) is 2.31. The molecule has 0 aliphatic heterocycles. The Balaban J connectivity index is 1.78. The minimum Gasteiger partial charge on any atom is -0.492 e. The van der Waals surface area contributed by atoms with Gasteiger partial charge in [-0.2, -0.15) is 0 Å². The molecule has 0 unspecified atom stereocenters. The number of nitrogens with two attached hydrogens (primary N) is 9. The highest BCUT2D eigenvalue weighted by atomic mass is 35.5. The Morgan fingerprint density at radius 1 is 0.505 bits per heavy atom. The summed E-state index contributed by atoms with van der Waals surface area (Å²) in [5.74, 6) is -0.502. The van der Waals surface area contributed by atoms with Gasteiger partial charge in [0.25, 0.3) is 5.91 Å². The number of hydrogen-bond acceptors (Lipinski definition) is 20. The molecular weight excluding hydrogens is 1180 g/mol. The number of nitrogens with zero attached hydrogens (tertiary/aromatic N) is 4. The van der Waals surface area contributed by atoms with E-state index in [1.165, 1.54) is 0 Å². The molecule has 0 saturated heterocycles. The number of Topliss-reactive ketones (excluding diaryl/α,β-unsaturated/α-hetero) is 4. The van der Waals surface area contributed by atoms with E-state index >= 15 is 0 Å². The Hall–Kier alpha value is -5.73. The highest BCUT2D eigenvalue weighted by Gasteiger charge is 2.21. The first-order chi connectivity index (χ1) is 43.7. The first kappa shape index (κ1) is 81.4. The topological polar surface area (TPSA) is 440 Å². The zero-order valence-electron chi connectivity index (χ0n) is 55.2. The molecule has 1 aromatic carbocycles. The van der Waals surface area contributed by atoms with Crippen LogP contribution in [-0.4, -0.2) is 144 Å². The summed E-state index contributed by atoms with van der Waals surface area (Å²) in [5.41, 5.74) is 55.2. The number of aliphatic imine (C=N–C) groups is 1. The van der Waals surface area contributed by atoms with E-state index in [0.29, 0.717) is 142 Å². The number of benzene rings is 1. The van der Waals surface area contributed by atoms with E-state index in [0.717, 1.165) is 127 Å². The maximum absolute atomic E-state index is 13.0. The minimum absolute atomic E-state index is 0.0325. The second-order valence-corrected chi connectivity index (χ2v) is 24.7. The number of carbonyl (C=O) groups excluding carboxylic acids is 7. The van der Waals surface area contributed by atoms with Gasteiger partial charge in [-0.3, -0.25) is 48.8 Å². The smallest absolute Gasteiger partial charge is 0.280 e. The van der Waals surface area contributed by atoms with Gasteiger partial charge in [0.1, 0.15) is 35.5 Å². The lowest BCUT2D eigenvalue weighted by Gasteiger charge is -2.23. The molecule has 2 aromatic rings. The predicted octanol–water partition coefficient (Wildman–Crippen LogP) is 6.26. The quantitative estimate of drug-likeness (QED) is 0.0197. The number of unbranched alkanes of at least 4 members (excludes halogenated alkanes) is 13. The van der Waals surface area contributed by atoms with Gasteiger partial charge in [-0.15, -0.1) is 0 Å². The predicted molar refractivity (Wildman–Crippen MR) is 365 cm³/mol. The van der Waals surface area contributed by atoms with E-state index in [2.05, 4.69) is 49.7 Å². The number of rotatable bonds is 56. The molecule has 1 heterocycles. The molecule has 0 bridgehead atoms. The van der Waals surface area contributed by atoms with Crippen molar-refractivity contribution in [2.45, 2.75) is 262 Å². The van der Waals surface area contributed by atoms with E-state index in [9.17, 15) is 33.6 Å². The van der Waals surface area contributed by atoms with Crippen molar-refractivity contribution in [1.29, 1.82) is 0 Å². The second kappa shape index (κ2) is 49.8. The van der Waals surface area contributed by atoms with Crippen LogP contribution in [0.5, 0.6) is 5.75 Å². The molecule has 0 fully saturated rings. The molecule has 21 N–H and O–H groups in total. The van der Waals surface area contributed by atoms with Crippen molar-refractivity contribution in [3.63, 3.8) is 0 Å². The SMILES string of the molecule is CCCCC[C@H](N)C(=O)CCCCC[C@H](N)C(=O)CCCCC[C@H](N)C(=O)NCCCN(CCCNC(=O)[C@@H](N)CCCCCC(=O)[C@@H](N)CCCCCC(=O)[C@@H](N)CCCCC)CCOc1ccc(CCCCN=C(N)NC(=O)c2nc(Cl)c(N)nc2N)cc1. The number of ketones is 4. The van der Waals surface area contributed by atoms with Gasteiger partial charge < -0.3 is 67.0 Å². The highest BCUT2D eigenvalue weighted by molar-refractivity contribution is 6.31. The van der Waals surface area contributed by atoms with E-state index in [-0.39, 0.29) is 75.5 Å². The number of amides is 3. The normalized spacial score (nSPS) is 13.7. The number of anilines is 2. The van der Waals surface area contributed by atoms with Crippen molar-refractivity contribution >= 4 is 70.1 Å². The molecule has 25 heteroatoms. The Kier molecular flexibility index (Phi) is 44.6. The number of carbonyl (C=O) groups is 7. The van der Waals surface area contributed by atoms with Gasteiger partial charge in [-0.05, 0) is 127 Å². The van der Waals surface area contributed by atoms with Gasteiger partial charge in [0, 0.05) is 51.9 Å². The molecule has 2 rings (SSSR count).